The summed E-state index contributed by atoms with van der Waals surface area (Å²) in [5, 5.41) is 9.92. The monoisotopic (exact) mass is 387 g/mol. The molecule has 0 saturated carbocycles. The molecule has 6 nitrogen and oxygen atoms in total. The van der Waals surface area contributed by atoms with Crippen LogP contribution in [0.1, 0.15) is 52.2 Å². The molecule has 2 aromatic rings. The van der Waals surface area contributed by atoms with Gasteiger partial charge in [0.15, 0.2) is 0 Å². The number of piperidine rings is 1. The summed E-state index contributed by atoms with van der Waals surface area (Å²) in [7, 11) is 0. The van der Waals surface area contributed by atoms with Crippen LogP contribution in [0.15, 0.2) is 34.9 Å². The molecule has 2 bridgehead atoms. The molecule has 142 valence electrons. The normalized spacial score (nSPS) is 23.9. The number of fused-ring (bicyclic) bond motifs is 2. The number of benzene rings is 1. The summed E-state index contributed by atoms with van der Waals surface area (Å²) in [6.07, 6.45) is 5.67. The highest BCUT2D eigenvalue weighted by Gasteiger charge is 2.34. The molecule has 4 rings (SSSR count). The number of halogens is 1. The van der Waals surface area contributed by atoms with Gasteiger partial charge in [-0.15, -0.1) is 0 Å². The van der Waals surface area contributed by atoms with E-state index in [9.17, 15) is 9.59 Å². The van der Waals surface area contributed by atoms with E-state index in [1.165, 1.54) is 19.1 Å². The summed E-state index contributed by atoms with van der Waals surface area (Å²) < 4.78 is 5.18. The number of amides is 2. The first-order valence-electron chi connectivity index (χ1n) is 9.21. The third kappa shape index (κ3) is 3.87. The summed E-state index contributed by atoms with van der Waals surface area (Å²) in [6, 6.07) is 7.61. The van der Waals surface area contributed by atoms with Gasteiger partial charge in [-0.2, -0.15) is 0 Å². The maximum atomic E-state index is 12.9. The number of hydrogen-bond donors (Lipinski definition) is 3. The zero-order chi connectivity index (χ0) is 19.0. The SMILES string of the molecule is Cc1occc1C(=O)Nc1cc(Cl)ccc1C(=O)NC1CC2CCC(C1)N2. The van der Waals surface area contributed by atoms with E-state index < -0.39 is 0 Å². The van der Waals surface area contributed by atoms with Crippen LogP contribution in [0.25, 0.3) is 0 Å². The van der Waals surface area contributed by atoms with Gasteiger partial charge in [-0.1, -0.05) is 11.6 Å². The minimum absolute atomic E-state index is 0.145. The van der Waals surface area contributed by atoms with Crippen molar-refractivity contribution < 1.29 is 14.0 Å². The highest BCUT2D eigenvalue weighted by atomic mass is 35.5. The van der Waals surface area contributed by atoms with Crippen molar-refractivity contribution in [2.24, 2.45) is 0 Å². The molecule has 27 heavy (non-hydrogen) atoms. The van der Waals surface area contributed by atoms with Gasteiger partial charge in [0.05, 0.1) is 23.1 Å². The first-order chi connectivity index (χ1) is 13.0. The quantitative estimate of drug-likeness (QED) is 0.749. The van der Waals surface area contributed by atoms with Gasteiger partial charge in [0.25, 0.3) is 11.8 Å². The fourth-order valence-electron chi connectivity index (χ4n) is 4.07. The Morgan fingerprint density at radius 2 is 1.85 bits per heavy atom. The average molecular weight is 388 g/mol. The maximum absolute atomic E-state index is 12.9. The van der Waals surface area contributed by atoms with E-state index in [1.54, 1.807) is 31.2 Å². The van der Waals surface area contributed by atoms with Crippen molar-refractivity contribution in [1.29, 1.82) is 0 Å². The number of rotatable bonds is 4. The molecule has 1 aromatic carbocycles. The minimum Gasteiger partial charge on any atom is -0.469 e. The number of furan rings is 1. The summed E-state index contributed by atoms with van der Waals surface area (Å²) in [4.78, 5) is 25.4. The van der Waals surface area contributed by atoms with Gasteiger partial charge in [0.1, 0.15) is 5.76 Å². The van der Waals surface area contributed by atoms with E-state index in [1.807, 2.05) is 0 Å². The van der Waals surface area contributed by atoms with Crippen molar-refractivity contribution >= 4 is 29.1 Å². The summed E-state index contributed by atoms with van der Waals surface area (Å²) >= 11 is 6.09. The molecule has 2 atom stereocenters. The third-order valence-electron chi connectivity index (χ3n) is 5.39. The molecule has 2 aliphatic rings. The van der Waals surface area contributed by atoms with Crippen LogP contribution in [0.3, 0.4) is 0 Å². The third-order valence-corrected chi connectivity index (χ3v) is 5.62. The highest BCUT2D eigenvalue weighted by molar-refractivity contribution is 6.31. The second kappa shape index (κ2) is 7.37. The van der Waals surface area contributed by atoms with Crippen LogP contribution in [-0.2, 0) is 0 Å². The molecule has 1 aromatic heterocycles. The highest BCUT2D eigenvalue weighted by Crippen LogP contribution is 2.28. The van der Waals surface area contributed by atoms with Gasteiger partial charge in [-0.25, -0.2) is 0 Å². The zero-order valence-corrected chi connectivity index (χ0v) is 15.8. The van der Waals surface area contributed by atoms with Crippen LogP contribution in [-0.4, -0.2) is 29.9 Å². The molecule has 2 unspecified atom stereocenters. The number of aryl methyl sites for hydroxylation is 1. The molecule has 0 radical (unpaired) electrons. The molecule has 7 heteroatoms. The Morgan fingerprint density at radius 3 is 2.52 bits per heavy atom. The largest absolute Gasteiger partial charge is 0.469 e. The lowest BCUT2D eigenvalue weighted by molar-refractivity contribution is 0.0925. The summed E-state index contributed by atoms with van der Waals surface area (Å²) in [5.41, 5.74) is 1.22. The van der Waals surface area contributed by atoms with Crippen LogP contribution < -0.4 is 16.0 Å². The van der Waals surface area contributed by atoms with Gasteiger partial charge in [-0.3, -0.25) is 9.59 Å². The standard InChI is InChI=1S/C20H22ClN3O3/c1-11-16(6-7-27-11)19(25)24-18-8-12(21)2-5-17(18)20(26)23-15-9-13-3-4-14(10-15)22-13/h2,5-8,13-15,22H,3-4,9-10H2,1H3,(H,23,26)(H,24,25). The van der Waals surface area contributed by atoms with Crippen molar-refractivity contribution in [3.63, 3.8) is 0 Å². The van der Waals surface area contributed by atoms with Gasteiger partial charge < -0.3 is 20.4 Å². The Morgan fingerprint density at radius 1 is 1.11 bits per heavy atom. The van der Waals surface area contributed by atoms with E-state index in [-0.39, 0.29) is 17.9 Å². The molecule has 2 fully saturated rings. The molecule has 0 spiro atoms. The van der Waals surface area contributed by atoms with Gasteiger partial charge in [0.2, 0.25) is 0 Å². The van der Waals surface area contributed by atoms with Crippen LogP contribution in [0.5, 0.6) is 0 Å². The maximum Gasteiger partial charge on any atom is 0.259 e. The fraction of sp³-hybridized carbons (Fsp3) is 0.400. The van der Waals surface area contributed by atoms with Crippen LogP contribution in [0.4, 0.5) is 5.69 Å². The van der Waals surface area contributed by atoms with Crippen LogP contribution in [0.2, 0.25) is 5.02 Å². The number of nitrogens with one attached hydrogen (secondary N) is 3. The second-order valence-electron chi connectivity index (χ2n) is 7.31. The number of carbonyl (C=O) groups is 2. The van der Waals surface area contributed by atoms with E-state index >= 15 is 0 Å². The molecule has 3 N–H and O–H groups in total. The molecule has 2 amide bonds. The molecule has 3 heterocycles. The molecule has 2 saturated heterocycles. The Bertz CT molecular complexity index is 867. The lowest BCUT2D eigenvalue weighted by atomic mass is 9.99. The Hall–Kier alpha value is -2.31. The Balaban J connectivity index is 1.51. The fourth-order valence-corrected chi connectivity index (χ4v) is 4.24. The summed E-state index contributed by atoms with van der Waals surface area (Å²) in [6.45, 7) is 1.71. The van der Waals surface area contributed by atoms with Gasteiger partial charge in [0, 0.05) is 23.1 Å². The number of anilines is 1. The molecule has 2 aliphatic heterocycles. The topological polar surface area (TPSA) is 83.4 Å². The van der Waals surface area contributed by atoms with E-state index in [0.29, 0.717) is 39.7 Å². The summed E-state index contributed by atoms with van der Waals surface area (Å²) in [5.74, 6) is -0.0135. The lowest BCUT2D eigenvalue weighted by Gasteiger charge is -2.29. The van der Waals surface area contributed by atoms with Crippen molar-refractivity contribution in [3.05, 3.63) is 52.4 Å². The van der Waals surface area contributed by atoms with Crippen LogP contribution in [0, 0.1) is 6.92 Å². The minimum atomic E-state index is -0.336. The first kappa shape index (κ1) is 18.1. The lowest BCUT2D eigenvalue weighted by Crippen LogP contribution is -2.48. The smallest absolute Gasteiger partial charge is 0.259 e. The van der Waals surface area contributed by atoms with E-state index in [0.717, 1.165) is 12.8 Å². The predicted octanol–water partition coefficient (Wildman–Crippen LogP) is 3.51. The Labute approximate surface area is 162 Å². The molecular formula is C20H22ClN3O3. The van der Waals surface area contributed by atoms with E-state index in [2.05, 4.69) is 16.0 Å². The van der Waals surface area contributed by atoms with Crippen molar-refractivity contribution in [2.75, 3.05) is 5.32 Å². The number of carbonyl (C=O) groups excluding carboxylic acids is 2. The molecule has 0 aliphatic carbocycles. The van der Waals surface area contributed by atoms with Gasteiger partial charge in [-0.05, 0) is 56.9 Å². The Kier molecular flexibility index (Phi) is 4.93. The zero-order valence-electron chi connectivity index (χ0n) is 15.0. The van der Waals surface area contributed by atoms with E-state index in [4.69, 9.17) is 16.0 Å². The van der Waals surface area contributed by atoms with Gasteiger partial charge >= 0.3 is 0 Å². The molecular weight excluding hydrogens is 366 g/mol. The predicted molar refractivity (Wildman–Crippen MR) is 103 cm³/mol. The van der Waals surface area contributed by atoms with Crippen molar-refractivity contribution in [3.8, 4) is 0 Å². The van der Waals surface area contributed by atoms with Crippen LogP contribution >= 0.6 is 11.6 Å². The second-order valence-corrected chi connectivity index (χ2v) is 7.75. The average Bonchev–Trinajstić information content (AvgIpc) is 3.20. The van der Waals surface area contributed by atoms with Crippen molar-refractivity contribution in [1.82, 2.24) is 10.6 Å². The number of hydrogen-bond acceptors (Lipinski definition) is 4. The van der Waals surface area contributed by atoms with Crippen molar-refractivity contribution in [2.45, 2.75) is 50.7 Å². The first-order valence-corrected chi connectivity index (χ1v) is 9.59.